The summed E-state index contributed by atoms with van der Waals surface area (Å²) in [6.45, 7) is 6.31. The van der Waals surface area contributed by atoms with Crippen LogP contribution in [0.4, 0.5) is 5.69 Å². The first-order valence-corrected chi connectivity index (χ1v) is 11.7. The fraction of sp³-hybridized carbons (Fsp3) is 0.222. The Morgan fingerprint density at radius 3 is 2.53 bits per heavy atom. The number of methoxy groups -OCH3 is 1. The quantitative estimate of drug-likeness (QED) is 0.396. The van der Waals surface area contributed by atoms with Crippen molar-refractivity contribution in [3.05, 3.63) is 101 Å². The molecular formula is C27H27N5OS. The van der Waals surface area contributed by atoms with Crippen molar-refractivity contribution in [2.45, 2.75) is 32.9 Å². The summed E-state index contributed by atoms with van der Waals surface area (Å²) in [4.78, 5) is 11.5. The Morgan fingerprint density at radius 1 is 0.971 bits per heavy atom. The monoisotopic (exact) mass is 469 g/mol. The van der Waals surface area contributed by atoms with Gasteiger partial charge >= 0.3 is 0 Å². The molecule has 1 fully saturated rings. The van der Waals surface area contributed by atoms with E-state index in [-0.39, 0.29) is 12.1 Å². The standard InChI is InChI=1S/C27H27N5OS/c1-17-11-12-24(29-16-17)31-18(2)14-22(19(31)3)26-25(23-10-5-6-13-28-23)30-27(34)32(26)20-8-7-9-21(15-20)33-4/h5-16,25-26H,1-4H3,(H,30,34)/t25-,26-/m1/s1. The number of pyridine rings is 2. The minimum atomic E-state index is -0.111. The van der Waals surface area contributed by atoms with Crippen LogP contribution in [0.25, 0.3) is 5.82 Å². The summed E-state index contributed by atoms with van der Waals surface area (Å²) < 4.78 is 7.71. The lowest BCUT2D eigenvalue weighted by Gasteiger charge is -2.28. The minimum absolute atomic E-state index is 0.0973. The van der Waals surface area contributed by atoms with Crippen LogP contribution in [0.1, 0.15) is 40.3 Å². The number of aryl methyl sites for hydroxylation is 2. The highest BCUT2D eigenvalue weighted by molar-refractivity contribution is 7.80. The summed E-state index contributed by atoms with van der Waals surface area (Å²) in [5.74, 6) is 1.69. The zero-order valence-electron chi connectivity index (χ0n) is 19.7. The maximum Gasteiger partial charge on any atom is 0.174 e. The highest BCUT2D eigenvalue weighted by Crippen LogP contribution is 2.44. The Labute approximate surface area is 205 Å². The van der Waals surface area contributed by atoms with Crippen molar-refractivity contribution in [3.8, 4) is 11.6 Å². The smallest absolute Gasteiger partial charge is 0.174 e. The van der Waals surface area contributed by atoms with Gasteiger partial charge in [-0.1, -0.05) is 18.2 Å². The van der Waals surface area contributed by atoms with Crippen LogP contribution in [0.3, 0.4) is 0 Å². The van der Waals surface area contributed by atoms with Crippen LogP contribution < -0.4 is 15.0 Å². The van der Waals surface area contributed by atoms with E-state index in [1.54, 1.807) is 7.11 Å². The Hall–Kier alpha value is -3.71. The molecule has 0 bridgehead atoms. The normalized spacial score (nSPS) is 17.6. The first-order valence-electron chi connectivity index (χ1n) is 11.2. The average molecular weight is 470 g/mol. The zero-order valence-corrected chi connectivity index (χ0v) is 20.5. The number of hydrogen-bond donors (Lipinski definition) is 1. The average Bonchev–Trinajstić information content (AvgIpc) is 3.35. The van der Waals surface area contributed by atoms with Gasteiger partial charge in [-0.25, -0.2) is 4.98 Å². The van der Waals surface area contributed by atoms with Gasteiger partial charge in [0.05, 0.1) is 24.9 Å². The molecule has 0 radical (unpaired) electrons. The van der Waals surface area contributed by atoms with Crippen LogP contribution in [0.15, 0.2) is 73.1 Å². The van der Waals surface area contributed by atoms with Crippen molar-refractivity contribution in [2.24, 2.45) is 0 Å². The first kappa shape index (κ1) is 22.1. The zero-order chi connectivity index (χ0) is 23.8. The van der Waals surface area contributed by atoms with Gasteiger partial charge in [-0.15, -0.1) is 0 Å². The lowest BCUT2D eigenvalue weighted by atomic mass is 9.96. The molecule has 0 unspecified atom stereocenters. The fourth-order valence-electron chi connectivity index (χ4n) is 4.74. The van der Waals surface area contributed by atoms with E-state index in [9.17, 15) is 0 Å². The Morgan fingerprint density at radius 2 is 1.82 bits per heavy atom. The molecule has 0 saturated carbocycles. The van der Waals surface area contributed by atoms with E-state index >= 15 is 0 Å². The summed E-state index contributed by atoms with van der Waals surface area (Å²) in [6, 6.07) is 20.2. The third-order valence-electron chi connectivity index (χ3n) is 6.34. The molecule has 0 aliphatic carbocycles. The fourth-order valence-corrected chi connectivity index (χ4v) is 5.09. The lowest BCUT2D eigenvalue weighted by Crippen LogP contribution is -2.29. The SMILES string of the molecule is COc1cccc(N2C(=S)N[C@H](c3ccccn3)[C@H]2c2cc(C)n(-c3ccc(C)cn3)c2C)c1. The summed E-state index contributed by atoms with van der Waals surface area (Å²) in [6.07, 6.45) is 3.73. The van der Waals surface area contributed by atoms with Crippen molar-refractivity contribution in [1.29, 1.82) is 0 Å². The summed E-state index contributed by atoms with van der Waals surface area (Å²) >= 11 is 5.87. The summed E-state index contributed by atoms with van der Waals surface area (Å²) in [5, 5.41) is 4.20. The van der Waals surface area contributed by atoms with E-state index < -0.39 is 0 Å². The molecular weight excluding hydrogens is 442 g/mol. The van der Waals surface area contributed by atoms with Crippen molar-refractivity contribution in [1.82, 2.24) is 19.9 Å². The van der Waals surface area contributed by atoms with Gasteiger partial charge in [-0.2, -0.15) is 0 Å². The van der Waals surface area contributed by atoms with E-state index in [0.29, 0.717) is 5.11 Å². The number of nitrogens with zero attached hydrogens (tertiary/aromatic N) is 4. The number of hydrogen-bond acceptors (Lipinski definition) is 4. The number of rotatable bonds is 5. The Balaban J connectivity index is 1.68. The molecule has 2 atom stereocenters. The molecule has 0 spiro atoms. The maximum absolute atomic E-state index is 5.87. The van der Waals surface area contributed by atoms with Crippen LogP contribution >= 0.6 is 12.2 Å². The van der Waals surface area contributed by atoms with Crippen LogP contribution in [0, 0.1) is 20.8 Å². The van der Waals surface area contributed by atoms with Crippen LogP contribution in [-0.2, 0) is 0 Å². The van der Waals surface area contributed by atoms with Crippen LogP contribution in [0.2, 0.25) is 0 Å². The molecule has 0 amide bonds. The predicted octanol–water partition coefficient (Wildman–Crippen LogP) is 5.38. The Bertz CT molecular complexity index is 1330. The highest BCUT2D eigenvalue weighted by Gasteiger charge is 2.42. The molecule has 6 nitrogen and oxygen atoms in total. The number of ether oxygens (including phenoxy) is 1. The van der Waals surface area contributed by atoms with Crippen molar-refractivity contribution in [2.75, 3.05) is 12.0 Å². The van der Waals surface area contributed by atoms with E-state index in [2.05, 4.69) is 62.9 Å². The number of nitrogens with one attached hydrogen (secondary N) is 1. The largest absolute Gasteiger partial charge is 0.497 e. The number of thiocarbonyl (C=S) groups is 1. The maximum atomic E-state index is 5.87. The van der Waals surface area contributed by atoms with E-state index in [1.165, 1.54) is 5.56 Å². The van der Waals surface area contributed by atoms with Crippen LogP contribution in [-0.4, -0.2) is 26.8 Å². The van der Waals surface area contributed by atoms with Gasteiger partial charge < -0.3 is 19.5 Å². The molecule has 1 aromatic carbocycles. The molecule has 5 rings (SSSR count). The van der Waals surface area contributed by atoms with Gasteiger partial charge in [0.2, 0.25) is 0 Å². The topological polar surface area (TPSA) is 55.2 Å². The lowest BCUT2D eigenvalue weighted by molar-refractivity contribution is 0.415. The second-order valence-electron chi connectivity index (χ2n) is 8.55. The second-order valence-corrected chi connectivity index (χ2v) is 8.94. The number of aromatic nitrogens is 3. The molecule has 1 aliphatic rings. The summed E-state index contributed by atoms with van der Waals surface area (Å²) in [5.41, 5.74) is 6.46. The molecule has 4 heterocycles. The number of benzene rings is 1. The van der Waals surface area contributed by atoms with Gasteiger partial charge in [0.1, 0.15) is 11.6 Å². The van der Waals surface area contributed by atoms with E-state index in [0.717, 1.165) is 39.9 Å². The first-order chi connectivity index (χ1) is 16.5. The molecule has 1 aliphatic heterocycles. The van der Waals surface area contributed by atoms with Gasteiger partial charge in [-0.3, -0.25) is 4.98 Å². The van der Waals surface area contributed by atoms with Crippen molar-refractivity contribution in [3.63, 3.8) is 0 Å². The highest BCUT2D eigenvalue weighted by atomic mass is 32.1. The van der Waals surface area contributed by atoms with Gasteiger partial charge in [0.15, 0.2) is 5.11 Å². The van der Waals surface area contributed by atoms with Crippen molar-refractivity contribution < 1.29 is 4.74 Å². The molecule has 1 N–H and O–H groups in total. The third kappa shape index (κ3) is 3.82. The molecule has 34 heavy (non-hydrogen) atoms. The molecule has 1 saturated heterocycles. The third-order valence-corrected chi connectivity index (χ3v) is 6.66. The molecule has 7 heteroatoms. The number of anilines is 1. The van der Waals surface area contributed by atoms with E-state index in [1.807, 2.05) is 55.7 Å². The van der Waals surface area contributed by atoms with Gasteiger partial charge in [-0.05, 0) is 80.5 Å². The predicted molar refractivity (Wildman–Crippen MR) is 139 cm³/mol. The van der Waals surface area contributed by atoms with Crippen molar-refractivity contribution >= 4 is 23.0 Å². The second kappa shape index (κ2) is 8.91. The molecule has 4 aromatic rings. The minimum Gasteiger partial charge on any atom is -0.497 e. The van der Waals surface area contributed by atoms with Crippen LogP contribution in [0.5, 0.6) is 5.75 Å². The van der Waals surface area contributed by atoms with E-state index in [4.69, 9.17) is 17.0 Å². The summed E-state index contributed by atoms with van der Waals surface area (Å²) in [7, 11) is 1.68. The Kier molecular flexibility index (Phi) is 5.79. The van der Waals surface area contributed by atoms with Gasteiger partial charge in [0.25, 0.3) is 0 Å². The molecule has 172 valence electrons. The molecule has 3 aromatic heterocycles. The van der Waals surface area contributed by atoms with Gasteiger partial charge in [0, 0.05) is 35.5 Å².